The Morgan fingerprint density at radius 1 is 1.29 bits per heavy atom. The molecule has 3 N–H and O–H groups in total. The van der Waals surface area contributed by atoms with Crippen molar-refractivity contribution in [2.75, 3.05) is 0 Å². The van der Waals surface area contributed by atoms with Crippen LogP contribution in [0.1, 0.15) is 57.1 Å². The van der Waals surface area contributed by atoms with Crippen molar-refractivity contribution in [2.24, 2.45) is 5.73 Å². The summed E-state index contributed by atoms with van der Waals surface area (Å²) in [6.45, 7) is 0. The van der Waals surface area contributed by atoms with Gasteiger partial charge in [-0.25, -0.2) is 0 Å². The fourth-order valence-corrected chi connectivity index (χ4v) is 3.22. The molecule has 116 valence electrons. The Morgan fingerprint density at radius 3 is 2.52 bits per heavy atom. The summed E-state index contributed by atoms with van der Waals surface area (Å²) >= 11 is 5.26. The first kappa shape index (κ1) is 16.0. The Morgan fingerprint density at radius 2 is 1.95 bits per heavy atom. The molecule has 1 aromatic rings. The van der Waals surface area contributed by atoms with Crippen molar-refractivity contribution < 1.29 is 9.21 Å². The molecule has 0 bridgehead atoms. The number of carbonyl (C=O) groups excluding carboxylic acids is 1. The second kappa shape index (κ2) is 7.59. The van der Waals surface area contributed by atoms with E-state index >= 15 is 0 Å². The fraction of sp³-hybridized carbons (Fsp3) is 0.625. The van der Waals surface area contributed by atoms with Crippen molar-refractivity contribution in [3.63, 3.8) is 0 Å². The van der Waals surface area contributed by atoms with Gasteiger partial charge in [-0.2, -0.15) is 0 Å². The second-order valence-electron chi connectivity index (χ2n) is 5.84. The Kier molecular flexibility index (Phi) is 5.79. The first-order valence-electron chi connectivity index (χ1n) is 7.76. The number of thiocarbonyl (C=S) groups is 1. The van der Waals surface area contributed by atoms with Crippen LogP contribution >= 0.6 is 12.2 Å². The molecule has 4 nitrogen and oxygen atoms in total. The molecule has 0 radical (unpaired) electrons. The zero-order chi connectivity index (χ0) is 15.1. The van der Waals surface area contributed by atoms with E-state index in [4.69, 9.17) is 22.4 Å². The smallest absolute Gasteiger partial charge is 0.221 e. The van der Waals surface area contributed by atoms with Gasteiger partial charge in [0, 0.05) is 12.8 Å². The van der Waals surface area contributed by atoms with Crippen LogP contribution in [-0.2, 0) is 11.2 Å². The summed E-state index contributed by atoms with van der Waals surface area (Å²) in [6, 6.07) is 3.71. The number of hydrogen-bond donors (Lipinski definition) is 2. The summed E-state index contributed by atoms with van der Waals surface area (Å²) in [5.41, 5.74) is 5.47. The molecule has 5 heteroatoms. The summed E-state index contributed by atoms with van der Waals surface area (Å²) in [5, 5.41) is 3.12. The van der Waals surface area contributed by atoms with Crippen molar-refractivity contribution >= 4 is 23.1 Å². The van der Waals surface area contributed by atoms with E-state index in [0.29, 0.717) is 17.8 Å². The minimum atomic E-state index is -0.490. The van der Waals surface area contributed by atoms with Gasteiger partial charge in [0.05, 0.1) is 16.8 Å². The molecule has 0 spiro atoms. The van der Waals surface area contributed by atoms with E-state index in [1.165, 1.54) is 19.3 Å². The maximum absolute atomic E-state index is 12.2. The molecule has 1 amide bonds. The van der Waals surface area contributed by atoms with Gasteiger partial charge < -0.3 is 15.5 Å². The van der Waals surface area contributed by atoms with E-state index in [0.717, 1.165) is 31.4 Å². The zero-order valence-electron chi connectivity index (χ0n) is 12.4. The normalized spacial score (nSPS) is 18.5. The maximum atomic E-state index is 12.2. The molecular formula is C16H24N2O2S. The molecule has 0 aromatic carbocycles. The van der Waals surface area contributed by atoms with E-state index in [2.05, 4.69) is 5.32 Å². The van der Waals surface area contributed by atoms with E-state index in [9.17, 15) is 4.79 Å². The number of amides is 1. The predicted molar refractivity (Wildman–Crippen MR) is 87.0 cm³/mol. The molecule has 0 saturated heterocycles. The third-order valence-electron chi connectivity index (χ3n) is 4.24. The van der Waals surface area contributed by atoms with Crippen LogP contribution in [0.3, 0.4) is 0 Å². The Balaban J connectivity index is 1.94. The lowest BCUT2D eigenvalue weighted by atomic mass is 9.83. The van der Waals surface area contributed by atoms with Crippen molar-refractivity contribution in [3.05, 3.63) is 24.2 Å². The van der Waals surface area contributed by atoms with Crippen LogP contribution < -0.4 is 11.1 Å². The Hall–Kier alpha value is -1.36. The van der Waals surface area contributed by atoms with E-state index in [1.807, 2.05) is 12.1 Å². The summed E-state index contributed by atoms with van der Waals surface area (Å²) in [6.07, 6.45) is 10.1. The molecular weight excluding hydrogens is 284 g/mol. The molecule has 1 heterocycles. The highest BCUT2D eigenvalue weighted by atomic mass is 32.1. The molecule has 1 aromatic heterocycles. The lowest BCUT2D eigenvalue weighted by molar-refractivity contribution is -0.122. The topological polar surface area (TPSA) is 68.3 Å². The van der Waals surface area contributed by atoms with Crippen LogP contribution in [0.25, 0.3) is 0 Å². The third kappa shape index (κ3) is 4.56. The highest BCUT2D eigenvalue weighted by Gasteiger charge is 2.34. The Bertz CT molecular complexity index is 463. The van der Waals surface area contributed by atoms with Crippen molar-refractivity contribution in [1.82, 2.24) is 5.32 Å². The monoisotopic (exact) mass is 308 g/mol. The standard InChI is InChI=1S/C16H24N2O2S/c17-15(21)16(10-4-2-1-3-5-11-16)18-14(19)9-8-13-7-6-12-20-13/h6-7,12H,1-5,8-11H2,(H2,17,21)(H,18,19). The zero-order valence-corrected chi connectivity index (χ0v) is 13.2. The lowest BCUT2D eigenvalue weighted by Gasteiger charge is -2.35. The van der Waals surface area contributed by atoms with Crippen LogP contribution in [-0.4, -0.2) is 16.4 Å². The highest BCUT2D eigenvalue weighted by molar-refractivity contribution is 7.80. The van der Waals surface area contributed by atoms with Crippen molar-refractivity contribution in [1.29, 1.82) is 0 Å². The van der Waals surface area contributed by atoms with E-state index < -0.39 is 5.54 Å². The molecule has 2 rings (SSSR count). The van der Waals surface area contributed by atoms with Gasteiger partial charge in [-0.15, -0.1) is 0 Å². The van der Waals surface area contributed by atoms with Crippen molar-refractivity contribution in [2.45, 2.75) is 63.3 Å². The second-order valence-corrected chi connectivity index (χ2v) is 6.28. The average Bonchev–Trinajstić information content (AvgIpc) is 2.92. The molecule has 1 saturated carbocycles. The summed E-state index contributed by atoms with van der Waals surface area (Å²) < 4.78 is 5.25. The van der Waals surface area contributed by atoms with Gasteiger partial charge >= 0.3 is 0 Å². The van der Waals surface area contributed by atoms with Gasteiger partial charge in [-0.1, -0.05) is 44.3 Å². The maximum Gasteiger partial charge on any atom is 0.221 e. The average molecular weight is 308 g/mol. The summed E-state index contributed by atoms with van der Waals surface area (Å²) in [7, 11) is 0. The van der Waals surface area contributed by atoms with Gasteiger partial charge in [-0.05, 0) is 25.0 Å². The minimum absolute atomic E-state index is 0.000210. The molecule has 1 aliphatic rings. The minimum Gasteiger partial charge on any atom is -0.469 e. The first-order valence-corrected chi connectivity index (χ1v) is 8.16. The largest absolute Gasteiger partial charge is 0.469 e. The van der Waals surface area contributed by atoms with Crippen molar-refractivity contribution in [3.8, 4) is 0 Å². The number of nitrogens with one attached hydrogen (secondary N) is 1. The van der Waals surface area contributed by atoms with Crippen LogP contribution in [0.5, 0.6) is 0 Å². The van der Waals surface area contributed by atoms with Crippen LogP contribution in [0.2, 0.25) is 0 Å². The number of aryl methyl sites for hydroxylation is 1. The first-order chi connectivity index (χ1) is 10.1. The van der Waals surface area contributed by atoms with Crippen LogP contribution in [0.4, 0.5) is 0 Å². The molecule has 1 aliphatic carbocycles. The fourth-order valence-electron chi connectivity index (χ4n) is 2.96. The molecule has 0 unspecified atom stereocenters. The third-order valence-corrected chi connectivity index (χ3v) is 4.63. The number of rotatable bonds is 5. The molecule has 0 atom stereocenters. The number of carbonyl (C=O) groups is 1. The number of nitrogens with two attached hydrogens (primary N) is 1. The van der Waals surface area contributed by atoms with Crippen LogP contribution in [0, 0.1) is 0 Å². The number of hydrogen-bond acceptors (Lipinski definition) is 3. The van der Waals surface area contributed by atoms with Gasteiger partial charge in [0.15, 0.2) is 0 Å². The van der Waals surface area contributed by atoms with E-state index in [-0.39, 0.29) is 5.91 Å². The van der Waals surface area contributed by atoms with Crippen LogP contribution in [0.15, 0.2) is 22.8 Å². The molecule has 1 fully saturated rings. The van der Waals surface area contributed by atoms with Gasteiger partial charge in [-0.3, -0.25) is 4.79 Å². The molecule has 0 aliphatic heterocycles. The quantitative estimate of drug-likeness (QED) is 0.820. The lowest BCUT2D eigenvalue weighted by Crippen LogP contribution is -2.57. The van der Waals surface area contributed by atoms with Gasteiger partial charge in [0.1, 0.15) is 5.76 Å². The predicted octanol–water partition coefficient (Wildman–Crippen LogP) is 3.10. The Labute approximate surface area is 131 Å². The summed E-state index contributed by atoms with van der Waals surface area (Å²) in [5.74, 6) is 0.826. The summed E-state index contributed by atoms with van der Waals surface area (Å²) in [4.78, 5) is 12.7. The highest BCUT2D eigenvalue weighted by Crippen LogP contribution is 2.27. The van der Waals surface area contributed by atoms with E-state index in [1.54, 1.807) is 6.26 Å². The SMILES string of the molecule is NC(=S)C1(NC(=O)CCc2ccco2)CCCCCCC1. The number of furan rings is 1. The van der Waals surface area contributed by atoms with Gasteiger partial charge in [0.25, 0.3) is 0 Å². The van der Waals surface area contributed by atoms with Gasteiger partial charge in [0.2, 0.25) is 5.91 Å². The molecule has 21 heavy (non-hydrogen) atoms.